The fraction of sp³-hybridized carbons (Fsp3) is 0.188. The van der Waals surface area contributed by atoms with Crippen LogP contribution in [0.15, 0.2) is 28.8 Å². The Morgan fingerprint density at radius 3 is 2.75 bits per heavy atom. The molecule has 0 saturated carbocycles. The van der Waals surface area contributed by atoms with Gasteiger partial charge in [0, 0.05) is 12.1 Å². The maximum absolute atomic E-state index is 13.7. The molecule has 3 aromatic rings. The van der Waals surface area contributed by atoms with Crippen LogP contribution in [0.5, 0.6) is 0 Å². The number of benzene rings is 1. The fourth-order valence-electron chi connectivity index (χ4n) is 2.12. The summed E-state index contributed by atoms with van der Waals surface area (Å²) in [6.07, 6.45) is 0. The van der Waals surface area contributed by atoms with Crippen molar-refractivity contribution < 1.29 is 22.8 Å². The third-order valence-electron chi connectivity index (χ3n) is 3.20. The predicted molar refractivity (Wildman–Crippen MR) is 82.6 cm³/mol. The lowest BCUT2D eigenvalue weighted by molar-refractivity contribution is 0.0469. The highest BCUT2D eigenvalue weighted by atomic mass is 32.1. The number of hydrogen-bond acceptors (Lipinski definition) is 6. The van der Waals surface area contributed by atoms with Gasteiger partial charge in [0.25, 0.3) is 0 Å². The van der Waals surface area contributed by atoms with E-state index in [4.69, 9.17) is 9.26 Å². The summed E-state index contributed by atoms with van der Waals surface area (Å²) in [7, 11) is 0. The van der Waals surface area contributed by atoms with Gasteiger partial charge in [-0.15, -0.1) is 11.3 Å². The standard InChI is InChI=1S/C16H12F2N2O3S/c1-8-15(24-9(2)19-8)16(21)22-7-11-6-14(23-20-11)12-4-3-10(17)5-13(12)18/h3-6H,7H2,1-2H3. The van der Waals surface area contributed by atoms with Crippen molar-refractivity contribution in [3.05, 3.63) is 57.2 Å². The van der Waals surface area contributed by atoms with Crippen molar-refractivity contribution in [3.8, 4) is 11.3 Å². The minimum Gasteiger partial charge on any atom is -0.455 e. The first-order chi connectivity index (χ1) is 11.4. The quantitative estimate of drug-likeness (QED) is 0.664. The molecule has 8 heteroatoms. The number of rotatable bonds is 4. The molecular formula is C16H12F2N2O3S. The van der Waals surface area contributed by atoms with E-state index in [0.29, 0.717) is 16.3 Å². The third-order valence-corrected chi connectivity index (χ3v) is 4.25. The number of thiazole rings is 1. The van der Waals surface area contributed by atoms with E-state index < -0.39 is 17.6 Å². The van der Waals surface area contributed by atoms with Gasteiger partial charge in [0.05, 0.1) is 16.3 Å². The number of carbonyl (C=O) groups is 1. The summed E-state index contributed by atoms with van der Waals surface area (Å²) in [4.78, 5) is 16.6. The van der Waals surface area contributed by atoms with Crippen LogP contribution in [0.2, 0.25) is 0 Å². The lowest BCUT2D eigenvalue weighted by Gasteiger charge is -2.00. The van der Waals surface area contributed by atoms with E-state index in [2.05, 4.69) is 10.1 Å². The van der Waals surface area contributed by atoms with E-state index in [0.717, 1.165) is 17.1 Å². The molecule has 3 rings (SSSR count). The largest absolute Gasteiger partial charge is 0.455 e. The highest BCUT2D eigenvalue weighted by Gasteiger charge is 2.17. The molecule has 0 bridgehead atoms. The average Bonchev–Trinajstić information content (AvgIpc) is 3.11. The van der Waals surface area contributed by atoms with Gasteiger partial charge in [-0.3, -0.25) is 0 Å². The van der Waals surface area contributed by atoms with Crippen LogP contribution in [0.3, 0.4) is 0 Å². The van der Waals surface area contributed by atoms with Gasteiger partial charge in [0.1, 0.15) is 28.8 Å². The van der Waals surface area contributed by atoms with Crippen molar-refractivity contribution in [1.82, 2.24) is 10.1 Å². The van der Waals surface area contributed by atoms with E-state index in [1.807, 2.05) is 0 Å². The van der Waals surface area contributed by atoms with Crippen LogP contribution in [0.4, 0.5) is 8.78 Å². The van der Waals surface area contributed by atoms with Crippen molar-refractivity contribution in [1.29, 1.82) is 0 Å². The maximum atomic E-state index is 13.7. The smallest absolute Gasteiger partial charge is 0.350 e. The zero-order valence-electron chi connectivity index (χ0n) is 12.8. The average molecular weight is 350 g/mol. The van der Waals surface area contributed by atoms with Crippen molar-refractivity contribution in [3.63, 3.8) is 0 Å². The van der Waals surface area contributed by atoms with Gasteiger partial charge in [-0.05, 0) is 26.0 Å². The molecule has 0 aliphatic heterocycles. The number of aryl methyl sites for hydroxylation is 2. The maximum Gasteiger partial charge on any atom is 0.350 e. The van der Waals surface area contributed by atoms with Crippen LogP contribution in [0.1, 0.15) is 26.1 Å². The molecule has 0 fully saturated rings. The monoisotopic (exact) mass is 350 g/mol. The molecule has 0 aliphatic rings. The molecule has 1 aromatic carbocycles. The molecule has 0 saturated heterocycles. The number of halogens is 2. The van der Waals surface area contributed by atoms with E-state index in [1.165, 1.54) is 23.5 Å². The zero-order chi connectivity index (χ0) is 17.3. The lowest BCUT2D eigenvalue weighted by atomic mass is 10.1. The van der Waals surface area contributed by atoms with Gasteiger partial charge in [-0.1, -0.05) is 5.16 Å². The number of nitrogens with zero attached hydrogens (tertiary/aromatic N) is 2. The van der Waals surface area contributed by atoms with Crippen LogP contribution < -0.4 is 0 Å². The summed E-state index contributed by atoms with van der Waals surface area (Å²) in [5.74, 6) is -1.82. The Balaban J connectivity index is 1.70. The Hall–Kier alpha value is -2.61. The first kappa shape index (κ1) is 16.3. The Morgan fingerprint density at radius 1 is 1.29 bits per heavy atom. The Kier molecular flexibility index (Phi) is 4.39. The second kappa shape index (κ2) is 6.48. The summed E-state index contributed by atoms with van der Waals surface area (Å²) in [6, 6.07) is 4.57. The first-order valence-corrected chi connectivity index (χ1v) is 7.78. The number of carbonyl (C=O) groups excluding carboxylic acids is 1. The molecule has 0 amide bonds. The van der Waals surface area contributed by atoms with Crippen molar-refractivity contribution in [2.24, 2.45) is 0 Å². The Labute approximate surface area is 139 Å². The Bertz CT molecular complexity index is 905. The first-order valence-electron chi connectivity index (χ1n) is 6.96. The van der Waals surface area contributed by atoms with Crippen molar-refractivity contribution in [2.75, 3.05) is 0 Å². The van der Waals surface area contributed by atoms with E-state index in [9.17, 15) is 13.6 Å². The van der Waals surface area contributed by atoms with E-state index in [1.54, 1.807) is 13.8 Å². The molecular weight excluding hydrogens is 338 g/mol. The number of hydrogen-bond donors (Lipinski definition) is 0. The summed E-state index contributed by atoms with van der Waals surface area (Å²) >= 11 is 1.25. The normalized spacial score (nSPS) is 10.8. The van der Waals surface area contributed by atoms with E-state index in [-0.39, 0.29) is 17.9 Å². The van der Waals surface area contributed by atoms with Crippen LogP contribution in [-0.4, -0.2) is 16.1 Å². The van der Waals surface area contributed by atoms with Crippen LogP contribution >= 0.6 is 11.3 Å². The zero-order valence-corrected chi connectivity index (χ0v) is 13.6. The van der Waals surface area contributed by atoms with Gasteiger partial charge < -0.3 is 9.26 Å². The van der Waals surface area contributed by atoms with Crippen LogP contribution in [0.25, 0.3) is 11.3 Å². The minimum absolute atomic E-state index is 0.0791. The third kappa shape index (κ3) is 3.33. The van der Waals surface area contributed by atoms with Gasteiger partial charge >= 0.3 is 5.97 Å². The molecule has 0 N–H and O–H groups in total. The molecule has 2 aromatic heterocycles. The van der Waals surface area contributed by atoms with Crippen molar-refractivity contribution >= 4 is 17.3 Å². The van der Waals surface area contributed by atoms with Crippen LogP contribution in [0, 0.1) is 25.5 Å². The summed E-state index contributed by atoms with van der Waals surface area (Å²) in [5.41, 5.74) is 1.01. The lowest BCUT2D eigenvalue weighted by Crippen LogP contribution is -2.05. The molecule has 24 heavy (non-hydrogen) atoms. The fourth-order valence-corrected chi connectivity index (χ4v) is 2.94. The second-order valence-electron chi connectivity index (χ2n) is 5.03. The molecule has 2 heterocycles. The van der Waals surface area contributed by atoms with Crippen molar-refractivity contribution in [2.45, 2.75) is 20.5 Å². The molecule has 5 nitrogen and oxygen atoms in total. The molecule has 0 spiro atoms. The molecule has 0 aliphatic carbocycles. The topological polar surface area (TPSA) is 65.2 Å². The molecule has 0 radical (unpaired) electrons. The molecule has 0 unspecified atom stereocenters. The summed E-state index contributed by atoms with van der Waals surface area (Å²) < 4.78 is 36.8. The predicted octanol–water partition coefficient (Wildman–Crippen LogP) is 4.05. The summed E-state index contributed by atoms with van der Waals surface area (Å²) in [5, 5.41) is 4.50. The molecule has 0 atom stereocenters. The number of ether oxygens (including phenoxy) is 1. The highest BCUT2D eigenvalue weighted by molar-refractivity contribution is 7.13. The highest BCUT2D eigenvalue weighted by Crippen LogP contribution is 2.25. The SMILES string of the molecule is Cc1nc(C)c(C(=O)OCc2cc(-c3ccc(F)cc3F)on2)s1. The minimum atomic E-state index is -0.759. The second-order valence-corrected chi connectivity index (χ2v) is 6.23. The van der Waals surface area contributed by atoms with Gasteiger partial charge in [-0.2, -0.15) is 0 Å². The summed E-state index contributed by atoms with van der Waals surface area (Å²) in [6.45, 7) is 3.41. The number of aromatic nitrogens is 2. The number of esters is 1. The van der Waals surface area contributed by atoms with Gasteiger partial charge in [0.2, 0.25) is 0 Å². The Morgan fingerprint density at radius 2 is 2.08 bits per heavy atom. The van der Waals surface area contributed by atoms with Crippen LogP contribution in [-0.2, 0) is 11.3 Å². The van der Waals surface area contributed by atoms with Gasteiger partial charge in [-0.25, -0.2) is 18.6 Å². The molecule has 124 valence electrons. The van der Waals surface area contributed by atoms with Gasteiger partial charge in [0.15, 0.2) is 5.76 Å². The van der Waals surface area contributed by atoms with E-state index >= 15 is 0 Å².